The zero-order chi connectivity index (χ0) is 15.5. The molecule has 1 aliphatic rings. The molecule has 22 heavy (non-hydrogen) atoms. The highest BCUT2D eigenvalue weighted by atomic mass is 16.2. The number of piperazine rings is 1. The van der Waals surface area contributed by atoms with Crippen LogP contribution < -0.4 is 0 Å². The lowest BCUT2D eigenvalue weighted by Crippen LogP contribution is -2.50. The number of aryl methyl sites for hydroxylation is 1. The van der Waals surface area contributed by atoms with Crippen LogP contribution in [0, 0.1) is 6.92 Å². The molecule has 5 heteroatoms. The maximum atomic E-state index is 12.5. The smallest absolute Gasteiger partial charge is 0.255 e. The second kappa shape index (κ2) is 6.05. The molecule has 1 saturated heterocycles. The molecule has 0 atom stereocenters. The number of aromatic nitrogens is 1. The van der Waals surface area contributed by atoms with Crippen LogP contribution in [0.1, 0.15) is 26.3 Å². The van der Waals surface area contributed by atoms with Gasteiger partial charge in [0.15, 0.2) is 0 Å². The topological polar surface area (TPSA) is 56.4 Å². The fourth-order valence-corrected chi connectivity index (χ4v) is 2.74. The van der Waals surface area contributed by atoms with Gasteiger partial charge in [0.2, 0.25) is 0 Å². The molecule has 1 aliphatic heterocycles. The van der Waals surface area contributed by atoms with Crippen molar-refractivity contribution in [2.45, 2.75) is 6.92 Å². The van der Waals surface area contributed by atoms with Crippen LogP contribution in [-0.4, -0.2) is 52.8 Å². The Labute approximate surface area is 129 Å². The van der Waals surface area contributed by atoms with Crippen molar-refractivity contribution in [1.29, 1.82) is 0 Å². The molecule has 3 rings (SSSR count). The molecule has 2 aromatic rings. The lowest BCUT2D eigenvalue weighted by Gasteiger charge is -2.35. The van der Waals surface area contributed by atoms with E-state index in [0.29, 0.717) is 31.7 Å². The van der Waals surface area contributed by atoms with Crippen LogP contribution in [0.3, 0.4) is 0 Å². The minimum absolute atomic E-state index is 0.0178. The van der Waals surface area contributed by atoms with Crippen LogP contribution in [0.4, 0.5) is 0 Å². The van der Waals surface area contributed by atoms with E-state index in [4.69, 9.17) is 0 Å². The number of amides is 2. The van der Waals surface area contributed by atoms with Crippen LogP contribution in [0.5, 0.6) is 0 Å². The highest BCUT2D eigenvalue weighted by Gasteiger charge is 2.26. The molecule has 1 aromatic heterocycles. The predicted molar refractivity (Wildman–Crippen MR) is 83.8 cm³/mol. The van der Waals surface area contributed by atoms with Gasteiger partial charge in [-0.15, -0.1) is 0 Å². The third-order valence-corrected chi connectivity index (χ3v) is 4.07. The molecule has 5 nitrogen and oxygen atoms in total. The molecule has 0 bridgehead atoms. The first-order valence-electron chi connectivity index (χ1n) is 7.44. The van der Waals surface area contributed by atoms with Gasteiger partial charge in [-0.1, -0.05) is 18.2 Å². The quantitative estimate of drug-likeness (QED) is 0.920. The van der Waals surface area contributed by atoms with Crippen LogP contribution in [-0.2, 0) is 0 Å². The van der Waals surface area contributed by atoms with E-state index in [1.807, 2.05) is 36.1 Å². The second-order valence-corrected chi connectivity index (χ2v) is 5.50. The molecule has 0 unspecified atom stereocenters. The van der Waals surface area contributed by atoms with Crippen molar-refractivity contribution in [3.8, 4) is 0 Å². The third kappa shape index (κ3) is 2.74. The Hall–Kier alpha value is -2.56. The van der Waals surface area contributed by atoms with Crippen LogP contribution in [0.25, 0.3) is 0 Å². The fraction of sp³-hybridized carbons (Fsp3) is 0.294. The first kappa shape index (κ1) is 14.4. The average molecular weight is 297 g/mol. The number of nitrogens with zero attached hydrogens (tertiary/aromatic N) is 2. The van der Waals surface area contributed by atoms with E-state index in [9.17, 15) is 9.59 Å². The minimum atomic E-state index is 0.0178. The number of carbonyl (C=O) groups excluding carboxylic acids is 2. The molecule has 2 heterocycles. The summed E-state index contributed by atoms with van der Waals surface area (Å²) < 4.78 is 0. The molecule has 0 radical (unpaired) electrons. The van der Waals surface area contributed by atoms with Gasteiger partial charge in [0.05, 0.1) is 5.56 Å². The van der Waals surface area contributed by atoms with Crippen molar-refractivity contribution in [2.24, 2.45) is 0 Å². The van der Waals surface area contributed by atoms with E-state index in [-0.39, 0.29) is 11.8 Å². The third-order valence-electron chi connectivity index (χ3n) is 4.07. The monoisotopic (exact) mass is 297 g/mol. The number of nitrogens with one attached hydrogen (secondary N) is 1. The molecule has 1 aromatic carbocycles. The van der Waals surface area contributed by atoms with Gasteiger partial charge in [0.1, 0.15) is 0 Å². The van der Waals surface area contributed by atoms with E-state index in [1.165, 1.54) is 0 Å². The predicted octanol–water partition coefficient (Wildman–Crippen LogP) is 1.92. The zero-order valence-electron chi connectivity index (χ0n) is 12.6. The van der Waals surface area contributed by atoms with Gasteiger partial charge in [-0.2, -0.15) is 0 Å². The molecule has 0 spiro atoms. The lowest BCUT2D eigenvalue weighted by atomic mass is 10.1. The highest BCUT2D eigenvalue weighted by Crippen LogP contribution is 2.14. The first-order valence-corrected chi connectivity index (χ1v) is 7.44. The van der Waals surface area contributed by atoms with Gasteiger partial charge in [-0.3, -0.25) is 9.59 Å². The van der Waals surface area contributed by atoms with Gasteiger partial charge in [0, 0.05) is 44.1 Å². The molecule has 0 saturated carbocycles. The maximum absolute atomic E-state index is 12.5. The summed E-state index contributed by atoms with van der Waals surface area (Å²) in [5, 5.41) is 0. The van der Waals surface area contributed by atoms with Gasteiger partial charge in [0.25, 0.3) is 11.8 Å². The number of hydrogen-bond acceptors (Lipinski definition) is 2. The Balaban J connectivity index is 1.63. The summed E-state index contributed by atoms with van der Waals surface area (Å²) in [7, 11) is 0. The van der Waals surface area contributed by atoms with Crippen molar-refractivity contribution < 1.29 is 9.59 Å². The summed E-state index contributed by atoms with van der Waals surface area (Å²) in [5.74, 6) is 0.0658. The average Bonchev–Trinajstić information content (AvgIpc) is 3.09. The molecular weight excluding hydrogens is 278 g/mol. The number of H-pyrrole nitrogens is 1. The van der Waals surface area contributed by atoms with Crippen molar-refractivity contribution >= 4 is 11.8 Å². The SMILES string of the molecule is Cc1ccccc1C(=O)N1CCN(C(=O)c2cc[nH]c2)CC1. The van der Waals surface area contributed by atoms with E-state index >= 15 is 0 Å². The molecule has 0 aliphatic carbocycles. The van der Waals surface area contributed by atoms with E-state index in [0.717, 1.165) is 11.1 Å². The largest absolute Gasteiger partial charge is 0.367 e. The molecule has 114 valence electrons. The number of rotatable bonds is 2. The number of hydrogen-bond donors (Lipinski definition) is 1. The molecule has 2 amide bonds. The summed E-state index contributed by atoms with van der Waals surface area (Å²) in [5.41, 5.74) is 2.39. The van der Waals surface area contributed by atoms with E-state index in [2.05, 4.69) is 4.98 Å². The van der Waals surface area contributed by atoms with E-state index < -0.39 is 0 Å². The summed E-state index contributed by atoms with van der Waals surface area (Å²) >= 11 is 0. The second-order valence-electron chi connectivity index (χ2n) is 5.50. The molecular formula is C17H19N3O2. The standard InChI is InChI=1S/C17H19N3O2/c1-13-4-2-3-5-15(13)17(22)20-10-8-19(9-11-20)16(21)14-6-7-18-12-14/h2-7,12,18H,8-11H2,1H3. The van der Waals surface area contributed by atoms with Crippen molar-refractivity contribution in [1.82, 2.24) is 14.8 Å². The Morgan fingerprint density at radius 3 is 2.18 bits per heavy atom. The highest BCUT2D eigenvalue weighted by molar-refractivity contribution is 5.96. The Kier molecular flexibility index (Phi) is 3.96. The Morgan fingerprint density at radius 2 is 1.59 bits per heavy atom. The normalized spacial score (nSPS) is 15.0. The summed E-state index contributed by atoms with van der Waals surface area (Å²) in [6.07, 6.45) is 3.44. The lowest BCUT2D eigenvalue weighted by molar-refractivity contribution is 0.0535. The minimum Gasteiger partial charge on any atom is -0.367 e. The first-order chi connectivity index (χ1) is 10.7. The number of benzene rings is 1. The van der Waals surface area contributed by atoms with Crippen LogP contribution in [0.15, 0.2) is 42.7 Å². The van der Waals surface area contributed by atoms with Gasteiger partial charge >= 0.3 is 0 Å². The van der Waals surface area contributed by atoms with Gasteiger partial charge in [-0.05, 0) is 24.6 Å². The fourth-order valence-electron chi connectivity index (χ4n) is 2.74. The van der Waals surface area contributed by atoms with Crippen LogP contribution in [0.2, 0.25) is 0 Å². The number of carbonyl (C=O) groups is 2. The Morgan fingerprint density at radius 1 is 0.955 bits per heavy atom. The Bertz CT molecular complexity index is 671. The maximum Gasteiger partial charge on any atom is 0.255 e. The van der Waals surface area contributed by atoms with Gasteiger partial charge in [-0.25, -0.2) is 0 Å². The van der Waals surface area contributed by atoms with Gasteiger partial charge < -0.3 is 14.8 Å². The zero-order valence-corrected chi connectivity index (χ0v) is 12.6. The molecule has 1 fully saturated rings. The molecule has 1 N–H and O–H groups in total. The van der Waals surface area contributed by atoms with Crippen molar-refractivity contribution in [3.63, 3.8) is 0 Å². The van der Waals surface area contributed by atoms with Crippen LogP contribution >= 0.6 is 0 Å². The van der Waals surface area contributed by atoms with Crippen molar-refractivity contribution in [3.05, 3.63) is 59.4 Å². The summed E-state index contributed by atoms with van der Waals surface area (Å²) in [4.78, 5) is 31.3. The van der Waals surface area contributed by atoms with E-state index in [1.54, 1.807) is 23.4 Å². The number of aromatic amines is 1. The van der Waals surface area contributed by atoms with Crippen molar-refractivity contribution in [2.75, 3.05) is 26.2 Å². The summed E-state index contributed by atoms with van der Waals surface area (Å²) in [6.45, 7) is 4.23. The summed E-state index contributed by atoms with van der Waals surface area (Å²) in [6, 6.07) is 9.38.